The number of ether oxygens (including phenoxy) is 1. The molecule has 0 aromatic rings. The molecule has 0 aromatic heterocycles. The minimum Gasteiger partial charge on any atom is -0.379 e. The smallest absolute Gasteiger partial charge is 0.222 e. The van der Waals surface area contributed by atoms with Gasteiger partial charge < -0.3 is 14.5 Å². The van der Waals surface area contributed by atoms with Gasteiger partial charge in [-0.1, -0.05) is 0 Å². The Morgan fingerprint density at radius 3 is 2.31 bits per heavy atom. The van der Waals surface area contributed by atoms with Gasteiger partial charge in [0.15, 0.2) is 0 Å². The van der Waals surface area contributed by atoms with E-state index >= 15 is 0 Å². The predicted octanol–water partition coefficient (Wildman–Crippen LogP) is 2.72. The molecule has 2 heterocycles. The molecule has 0 N–H and O–H groups in total. The largest absolute Gasteiger partial charge is 0.379 e. The van der Waals surface area contributed by atoms with E-state index in [1.54, 1.807) is 7.11 Å². The highest BCUT2D eigenvalue weighted by atomic mass is 16.5. The first kappa shape index (κ1) is 20.7. The molecule has 0 radical (unpaired) electrons. The summed E-state index contributed by atoms with van der Waals surface area (Å²) < 4.78 is 5.53. The number of nitriles is 1. The van der Waals surface area contributed by atoms with E-state index < -0.39 is 11.0 Å². The maximum absolute atomic E-state index is 12.3. The van der Waals surface area contributed by atoms with Crippen molar-refractivity contribution in [2.75, 3.05) is 26.7 Å². The van der Waals surface area contributed by atoms with Crippen molar-refractivity contribution < 1.29 is 14.3 Å². The number of rotatable bonds is 9. The van der Waals surface area contributed by atoms with Crippen molar-refractivity contribution >= 4 is 11.8 Å². The fraction of sp³-hybridized carbons (Fsp3) is 0.850. The van der Waals surface area contributed by atoms with Crippen molar-refractivity contribution in [2.24, 2.45) is 5.41 Å². The first-order chi connectivity index (χ1) is 12.2. The maximum Gasteiger partial charge on any atom is 0.222 e. The van der Waals surface area contributed by atoms with Crippen LogP contribution in [-0.2, 0) is 14.3 Å². The Hall–Kier alpha value is -1.61. The highest BCUT2D eigenvalue weighted by Crippen LogP contribution is 2.36. The summed E-state index contributed by atoms with van der Waals surface area (Å²) in [6.45, 7) is 8.17. The molecule has 2 aliphatic rings. The van der Waals surface area contributed by atoms with E-state index in [2.05, 4.69) is 6.07 Å². The summed E-state index contributed by atoms with van der Waals surface area (Å²) in [5.74, 6) is 0.383. The number of hydrogen-bond donors (Lipinski definition) is 0. The minimum atomic E-state index is -0.581. The molecule has 0 aliphatic carbocycles. The quantitative estimate of drug-likeness (QED) is 0.631. The highest BCUT2D eigenvalue weighted by Gasteiger charge is 2.38. The molecule has 2 amide bonds. The fourth-order valence-corrected chi connectivity index (χ4v) is 4.36. The molecule has 2 atom stereocenters. The summed E-state index contributed by atoms with van der Waals surface area (Å²) in [4.78, 5) is 28.1. The van der Waals surface area contributed by atoms with E-state index in [0.717, 1.165) is 32.4 Å². The first-order valence-electron chi connectivity index (χ1n) is 9.73. The second kappa shape index (κ2) is 8.39. The molecule has 26 heavy (non-hydrogen) atoms. The second-order valence-corrected chi connectivity index (χ2v) is 8.63. The number of likely N-dealkylation sites (tertiary alicyclic amines) is 2. The molecule has 0 saturated carbocycles. The molecular weight excluding hydrogens is 330 g/mol. The SMILES string of the molecule is COC(C)(C)CC(C)(C#N)CC(CCN1CCCC1=O)N1CCCC1=O. The average Bonchev–Trinajstić information content (AvgIpc) is 3.19. The Kier molecular flexibility index (Phi) is 6.68. The van der Waals surface area contributed by atoms with Gasteiger partial charge in [-0.15, -0.1) is 0 Å². The van der Waals surface area contributed by atoms with Crippen molar-refractivity contribution in [3.05, 3.63) is 0 Å². The zero-order chi connectivity index (χ0) is 19.4. The van der Waals surface area contributed by atoms with E-state index in [1.165, 1.54) is 0 Å². The molecule has 6 heteroatoms. The molecule has 2 unspecified atom stereocenters. The molecular formula is C20H33N3O3. The van der Waals surface area contributed by atoms with Gasteiger partial charge in [-0.3, -0.25) is 9.59 Å². The van der Waals surface area contributed by atoms with Crippen molar-refractivity contribution in [1.29, 1.82) is 5.26 Å². The van der Waals surface area contributed by atoms with Crippen LogP contribution in [0.3, 0.4) is 0 Å². The number of methoxy groups -OCH3 is 1. The van der Waals surface area contributed by atoms with Crippen molar-refractivity contribution in [3.8, 4) is 6.07 Å². The van der Waals surface area contributed by atoms with Gasteiger partial charge >= 0.3 is 0 Å². The second-order valence-electron chi connectivity index (χ2n) is 8.63. The summed E-state index contributed by atoms with van der Waals surface area (Å²) in [5, 5.41) is 9.85. The zero-order valence-corrected chi connectivity index (χ0v) is 16.7. The number of nitrogens with zero attached hydrogens (tertiary/aromatic N) is 3. The Morgan fingerprint density at radius 1 is 1.15 bits per heavy atom. The summed E-state index contributed by atoms with van der Waals surface area (Å²) in [7, 11) is 1.66. The molecule has 0 bridgehead atoms. The third kappa shape index (κ3) is 5.20. The zero-order valence-electron chi connectivity index (χ0n) is 16.7. The van der Waals surface area contributed by atoms with Crippen LogP contribution in [0.1, 0.15) is 65.7 Å². The summed E-state index contributed by atoms with van der Waals surface area (Å²) in [5.41, 5.74) is -0.975. The molecule has 2 fully saturated rings. The van der Waals surface area contributed by atoms with Crippen LogP contribution in [0, 0.1) is 16.7 Å². The Bertz CT molecular complexity index is 569. The molecule has 2 aliphatic heterocycles. The van der Waals surface area contributed by atoms with Crippen LogP contribution < -0.4 is 0 Å². The van der Waals surface area contributed by atoms with E-state index in [9.17, 15) is 14.9 Å². The molecule has 2 saturated heterocycles. The van der Waals surface area contributed by atoms with Crippen molar-refractivity contribution in [3.63, 3.8) is 0 Å². The number of hydrogen-bond acceptors (Lipinski definition) is 4. The number of carbonyl (C=O) groups is 2. The third-order valence-electron chi connectivity index (χ3n) is 5.78. The van der Waals surface area contributed by atoms with Crippen LogP contribution in [0.15, 0.2) is 0 Å². The number of carbonyl (C=O) groups excluding carboxylic acids is 2. The predicted molar refractivity (Wildman–Crippen MR) is 99.2 cm³/mol. The molecule has 0 aromatic carbocycles. The monoisotopic (exact) mass is 363 g/mol. The van der Waals surface area contributed by atoms with E-state index in [0.29, 0.717) is 32.2 Å². The summed E-state index contributed by atoms with van der Waals surface area (Å²) in [6.07, 6.45) is 4.98. The van der Waals surface area contributed by atoms with Gasteiger partial charge in [-0.2, -0.15) is 5.26 Å². The minimum absolute atomic E-state index is 0.00398. The van der Waals surface area contributed by atoms with Crippen LogP contribution >= 0.6 is 0 Å². The lowest BCUT2D eigenvalue weighted by Crippen LogP contribution is -2.43. The topological polar surface area (TPSA) is 73.6 Å². The van der Waals surface area contributed by atoms with Gasteiger partial charge in [0.1, 0.15) is 0 Å². The number of amides is 2. The van der Waals surface area contributed by atoms with Crippen molar-refractivity contribution in [2.45, 2.75) is 77.4 Å². The lowest BCUT2D eigenvalue weighted by molar-refractivity contribution is -0.130. The summed E-state index contributed by atoms with van der Waals surface area (Å²) in [6, 6.07) is 2.47. The standard InChI is InChI=1S/C20H33N3O3/c1-19(2,26-4)14-20(3,15-21)13-16(23-11-6-8-18(23)25)9-12-22-10-5-7-17(22)24/h16H,5-14H2,1-4H3. The Balaban J connectivity index is 2.10. The first-order valence-corrected chi connectivity index (χ1v) is 9.73. The van der Waals surface area contributed by atoms with Gasteiger partial charge in [-0.25, -0.2) is 0 Å². The lowest BCUT2D eigenvalue weighted by Gasteiger charge is -2.37. The van der Waals surface area contributed by atoms with Crippen LogP contribution in [0.5, 0.6) is 0 Å². The van der Waals surface area contributed by atoms with E-state index in [-0.39, 0.29) is 17.9 Å². The molecule has 0 spiro atoms. The van der Waals surface area contributed by atoms with Crippen molar-refractivity contribution in [1.82, 2.24) is 9.80 Å². The van der Waals surface area contributed by atoms with Crippen LogP contribution in [0.25, 0.3) is 0 Å². The molecule has 6 nitrogen and oxygen atoms in total. The normalized spacial score (nSPS) is 21.8. The Labute approximate surface area is 157 Å². The maximum atomic E-state index is 12.3. The van der Waals surface area contributed by atoms with Crippen LogP contribution in [0.2, 0.25) is 0 Å². The molecule has 2 rings (SSSR count). The van der Waals surface area contributed by atoms with Gasteiger partial charge in [0.2, 0.25) is 11.8 Å². The van der Waals surface area contributed by atoms with Gasteiger partial charge in [0.05, 0.1) is 17.1 Å². The van der Waals surface area contributed by atoms with E-state index in [4.69, 9.17) is 4.74 Å². The molecule has 146 valence electrons. The van der Waals surface area contributed by atoms with Gasteiger partial charge in [0, 0.05) is 45.6 Å². The Morgan fingerprint density at radius 2 is 1.81 bits per heavy atom. The van der Waals surface area contributed by atoms with Gasteiger partial charge in [0.25, 0.3) is 0 Å². The highest BCUT2D eigenvalue weighted by molar-refractivity contribution is 5.79. The fourth-order valence-electron chi connectivity index (χ4n) is 4.36. The average molecular weight is 364 g/mol. The van der Waals surface area contributed by atoms with Crippen LogP contribution in [-0.4, -0.2) is 60.0 Å². The van der Waals surface area contributed by atoms with Crippen LogP contribution in [0.4, 0.5) is 0 Å². The third-order valence-corrected chi connectivity index (χ3v) is 5.78. The van der Waals surface area contributed by atoms with E-state index in [1.807, 2.05) is 30.6 Å². The lowest BCUT2D eigenvalue weighted by atomic mass is 9.75. The summed E-state index contributed by atoms with van der Waals surface area (Å²) >= 11 is 0. The van der Waals surface area contributed by atoms with Gasteiger partial charge in [-0.05, 0) is 52.9 Å².